The van der Waals surface area contributed by atoms with Crippen LogP contribution < -0.4 is 5.56 Å². The molecular formula is C13H10ClNO3. The standard InChI is InChI=1S/C13H10ClNO3/c1-8-2-4-10(14)6-11(8)15-7-9(13(17)18)3-5-12(15)16/h2-7H,1H3,(H,17,18). The van der Waals surface area contributed by atoms with E-state index in [-0.39, 0.29) is 11.1 Å². The minimum Gasteiger partial charge on any atom is -0.478 e. The van der Waals surface area contributed by atoms with Crippen LogP contribution in [0.1, 0.15) is 15.9 Å². The van der Waals surface area contributed by atoms with Crippen LogP contribution in [-0.4, -0.2) is 15.6 Å². The SMILES string of the molecule is Cc1ccc(Cl)cc1-n1cc(C(=O)O)ccc1=O. The van der Waals surface area contributed by atoms with Gasteiger partial charge in [0.25, 0.3) is 5.56 Å². The van der Waals surface area contributed by atoms with Gasteiger partial charge in [-0.15, -0.1) is 0 Å². The van der Waals surface area contributed by atoms with E-state index < -0.39 is 5.97 Å². The number of benzene rings is 1. The quantitative estimate of drug-likeness (QED) is 0.906. The lowest BCUT2D eigenvalue weighted by Gasteiger charge is -2.10. The highest BCUT2D eigenvalue weighted by Crippen LogP contribution is 2.18. The summed E-state index contributed by atoms with van der Waals surface area (Å²) in [5, 5.41) is 9.42. The van der Waals surface area contributed by atoms with Gasteiger partial charge in [-0.25, -0.2) is 4.79 Å². The molecule has 0 fully saturated rings. The Hall–Kier alpha value is -2.07. The van der Waals surface area contributed by atoms with E-state index in [1.165, 1.54) is 22.9 Å². The van der Waals surface area contributed by atoms with Gasteiger partial charge >= 0.3 is 5.97 Å². The number of aromatic nitrogens is 1. The molecule has 2 aromatic rings. The average Bonchev–Trinajstić information content (AvgIpc) is 2.33. The van der Waals surface area contributed by atoms with Crippen LogP contribution in [0.15, 0.2) is 41.3 Å². The zero-order chi connectivity index (χ0) is 13.3. The summed E-state index contributed by atoms with van der Waals surface area (Å²) < 4.78 is 1.28. The second-order valence-electron chi connectivity index (χ2n) is 3.86. The van der Waals surface area contributed by atoms with Gasteiger partial charge in [0.2, 0.25) is 0 Å². The number of aryl methyl sites for hydroxylation is 1. The van der Waals surface area contributed by atoms with Crippen LogP contribution in [0, 0.1) is 6.92 Å². The van der Waals surface area contributed by atoms with Crippen LogP contribution in [0.2, 0.25) is 5.02 Å². The lowest BCUT2D eigenvalue weighted by molar-refractivity contribution is 0.0696. The fourth-order valence-corrected chi connectivity index (χ4v) is 1.81. The lowest BCUT2D eigenvalue weighted by Crippen LogP contribution is -2.19. The zero-order valence-electron chi connectivity index (χ0n) is 9.55. The van der Waals surface area contributed by atoms with E-state index >= 15 is 0 Å². The second-order valence-corrected chi connectivity index (χ2v) is 4.30. The van der Waals surface area contributed by atoms with Crippen molar-refractivity contribution in [3.05, 3.63) is 63.0 Å². The smallest absolute Gasteiger partial charge is 0.337 e. The van der Waals surface area contributed by atoms with Gasteiger partial charge in [-0.2, -0.15) is 0 Å². The number of aromatic carboxylic acids is 1. The van der Waals surface area contributed by atoms with Crippen LogP contribution in [0.4, 0.5) is 0 Å². The van der Waals surface area contributed by atoms with Crippen molar-refractivity contribution >= 4 is 17.6 Å². The number of carbonyl (C=O) groups is 1. The summed E-state index contributed by atoms with van der Waals surface area (Å²) >= 11 is 5.89. The van der Waals surface area contributed by atoms with Gasteiger partial charge in [0, 0.05) is 17.3 Å². The highest BCUT2D eigenvalue weighted by molar-refractivity contribution is 6.30. The van der Waals surface area contributed by atoms with Crippen molar-refractivity contribution in [3.63, 3.8) is 0 Å². The molecule has 1 N–H and O–H groups in total. The molecule has 0 saturated carbocycles. The van der Waals surface area contributed by atoms with Crippen LogP contribution in [0.3, 0.4) is 0 Å². The monoisotopic (exact) mass is 263 g/mol. The summed E-state index contributed by atoms with van der Waals surface area (Å²) in [6.45, 7) is 1.82. The third-order valence-electron chi connectivity index (χ3n) is 2.59. The predicted molar refractivity (Wildman–Crippen MR) is 68.7 cm³/mol. The fraction of sp³-hybridized carbons (Fsp3) is 0.0769. The highest BCUT2D eigenvalue weighted by atomic mass is 35.5. The Morgan fingerprint density at radius 3 is 2.67 bits per heavy atom. The summed E-state index contributed by atoms with van der Waals surface area (Å²) in [5.41, 5.74) is 1.17. The van der Waals surface area contributed by atoms with E-state index in [1.54, 1.807) is 18.2 Å². The maximum absolute atomic E-state index is 11.8. The summed E-state index contributed by atoms with van der Waals surface area (Å²) in [6, 6.07) is 7.62. The van der Waals surface area contributed by atoms with Crippen molar-refractivity contribution in [1.29, 1.82) is 0 Å². The van der Waals surface area contributed by atoms with E-state index in [1.807, 2.05) is 6.92 Å². The van der Waals surface area contributed by atoms with E-state index in [0.29, 0.717) is 10.7 Å². The topological polar surface area (TPSA) is 59.3 Å². The molecule has 0 aliphatic rings. The summed E-state index contributed by atoms with van der Waals surface area (Å²) in [7, 11) is 0. The molecule has 1 aromatic carbocycles. The Balaban J connectivity index is 2.70. The predicted octanol–water partition coefficient (Wildman–Crippen LogP) is 2.50. The Morgan fingerprint density at radius 1 is 1.28 bits per heavy atom. The molecular weight excluding hydrogens is 254 g/mol. The molecule has 0 saturated heterocycles. The van der Waals surface area contributed by atoms with E-state index in [2.05, 4.69) is 0 Å². The van der Waals surface area contributed by atoms with Gasteiger partial charge in [-0.05, 0) is 30.7 Å². The van der Waals surface area contributed by atoms with E-state index in [0.717, 1.165) is 5.56 Å². The Bertz CT molecular complexity index is 676. The molecule has 0 unspecified atom stereocenters. The number of pyridine rings is 1. The van der Waals surface area contributed by atoms with E-state index in [9.17, 15) is 9.59 Å². The third-order valence-corrected chi connectivity index (χ3v) is 2.82. The van der Waals surface area contributed by atoms with Crippen molar-refractivity contribution < 1.29 is 9.90 Å². The molecule has 92 valence electrons. The van der Waals surface area contributed by atoms with Crippen molar-refractivity contribution in [2.24, 2.45) is 0 Å². The highest BCUT2D eigenvalue weighted by Gasteiger charge is 2.08. The number of hydrogen-bond acceptors (Lipinski definition) is 2. The molecule has 0 amide bonds. The normalized spacial score (nSPS) is 10.3. The first-order valence-corrected chi connectivity index (χ1v) is 5.59. The number of carboxylic acid groups (broad SMARTS) is 1. The first-order chi connectivity index (χ1) is 8.49. The first kappa shape index (κ1) is 12.4. The molecule has 1 aromatic heterocycles. The molecule has 4 nitrogen and oxygen atoms in total. The van der Waals surface area contributed by atoms with Gasteiger partial charge < -0.3 is 5.11 Å². The van der Waals surface area contributed by atoms with Gasteiger partial charge in [0.15, 0.2) is 0 Å². The van der Waals surface area contributed by atoms with Crippen LogP contribution >= 0.6 is 11.6 Å². The summed E-state index contributed by atoms with van der Waals surface area (Å²) in [6.07, 6.45) is 1.29. The number of carboxylic acids is 1. The fourth-order valence-electron chi connectivity index (χ4n) is 1.64. The van der Waals surface area contributed by atoms with Gasteiger partial charge in [-0.3, -0.25) is 9.36 Å². The van der Waals surface area contributed by atoms with Crippen molar-refractivity contribution in [1.82, 2.24) is 4.57 Å². The Labute approximate surface area is 108 Å². The zero-order valence-corrected chi connectivity index (χ0v) is 10.3. The van der Waals surface area contributed by atoms with Gasteiger partial charge in [0.05, 0.1) is 11.3 Å². The van der Waals surface area contributed by atoms with Gasteiger partial charge in [-0.1, -0.05) is 17.7 Å². The molecule has 0 atom stereocenters. The maximum Gasteiger partial charge on any atom is 0.337 e. The molecule has 0 aliphatic carbocycles. The van der Waals surface area contributed by atoms with Crippen LogP contribution in [0.25, 0.3) is 5.69 Å². The maximum atomic E-state index is 11.8. The third kappa shape index (κ3) is 2.28. The van der Waals surface area contributed by atoms with Crippen molar-refractivity contribution in [3.8, 4) is 5.69 Å². The Kier molecular flexibility index (Phi) is 3.21. The summed E-state index contributed by atoms with van der Waals surface area (Å²) in [5.74, 6) is -1.08. The first-order valence-electron chi connectivity index (χ1n) is 5.21. The number of halogens is 1. The molecule has 0 aliphatic heterocycles. The number of rotatable bonds is 2. The molecule has 2 rings (SSSR count). The molecule has 18 heavy (non-hydrogen) atoms. The lowest BCUT2D eigenvalue weighted by atomic mass is 10.2. The minimum absolute atomic E-state index is 0.0500. The average molecular weight is 264 g/mol. The number of hydrogen-bond donors (Lipinski definition) is 1. The van der Waals surface area contributed by atoms with Crippen molar-refractivity contribution in [2.75, 3.05) is 0 Å². The van der Waals surface area contributed by atoms with E-state index in [4.69, 9.17) is 16.7 Å². The second kappa shape index (κ2) is 4.66. The van der Waals surface area contributed by atoms with Crippen LogP contribution in [-0.2, 0) is 0 Å². The molecule has 5 heteroatoms. The van der Waals surface area contributed by atoms with Crippen molar-refractivity contribution in [2.45, 2.75) is 6.92 Å². The molecule has 0 radical (unpaired) electrons. The summed E-state index contributed by atoms with van der Waals surface area (Å²) in [4.78, 5) is 22.7. The molecule has 1 heterocycles. The largest absolute Gasteiger partial charge is 0.478 e. The van der Waals surface area contributed by atoms with Crippen LogP contribution in [0.5, 0.6) is 0 Å². The molecule has 0 bridgehead atoms. The minimum atomic E-state index is -1.08. The Morgan fingerprint density at radius 2 is 2.00 bits per heavy atom. The molecule has 0 spiro atoms. The van der Waals surface area contributed by atoms with Gasteiger partial charge in [0.1, 0.15) is 0 Å². The number of nitrogens with zero attached hydrogens (tertiary/aromatic N) is 1.